The summed E-state index contributed by atoms with van der Waals surface area (Å²) in [5.41, 5.74) is 3.72. The van der Waals surface area contributed by atoms with E-state index < -0.39 is 0 Å². The second kappa shape index (κ2) is 6.30. The molecule has 2 aromatic rings. The maximum absolute atomic E-state index is 6.30. The average molecular weight is 319 g/mol. The van der Waals surface area contributed by atoms with E-state index in [9.17, 15) is 0 Å². The minimum Gasteiger partial charge on any atom is -0.353 e. The van der Waals surface area contributed by atoms with Gasteiger partial charge >= 0.3 is 0 Å². The predicted octanol–water partition coefficient (Wildman–Crippen LogP) is 5.04. The lowest BCUT2D eigenvalue weighted by Crippen LogP contribution is -2.14. The second-order valence-electron chi connectivity index (χ2n) is 5.57. The first-order valence-electron chi connectivity index (χ1n) is 7.14. The number of fused-ring (bicyclic) bond motifs is 2. The van der Waals surface area contributed by atoms with Crippen LogP contribution >= 0.6 is 23.4 Å². The Kier molecular flexibility index (Phi) is 4.43. The first kappa shape index (κ1) is 14.8. The van der Waals surface area contributed by atoms with Crippen molar-refractivity contribution in [3.05, 3.63) is 47.0 Å². The summed E-state index contributed by atoms with van der Waals surface area (Å²) < 4.78 is 0. The molecule has 1 aliphatic heterocycles. The zero-order valence-electron chi connectivity index (χ0n) is 12.3. The molecule has 0 saturated heterocycles. The Morgan fingerprint density at radius 3 is 2.76 bits per heavy atom. The quantitative estimate of drug-likeness (QED) is 0.725. The van der Waals surface area contributed by atoms with Gasteiger partial charge in [0.15, 0.2) is 0 Å². The zero-order valence-corrected chi connectivity index (χ0v) is 13.9. The molecule has 0 saturated carbocycles. The first-order valence-corrected chi connectivity index (χ1v) is 8.34. The molecular formula is C17H19ClN2S. The molecule has 0 radical (unpaired) electrons. The number of nitrogens with zero attached hydrogens (tertiary/aromatic N) is 1. The van der Waals surface area contributed by atoms with Gasteiger partial charge in [0, 0.05) is 14.8 Å². The molecule has 1 aliphatic rings. The van der Waals surface area contributed by atoms with Gasteiger partial charge in [-0.05, 0) is 63.3 Å². The van der Waals surface area contributed by atoms with Gasteiger partial charge in [0.05, 0.1) is 11.4 Å². The van der Waals surface area contributed by atoms with E-state index >= 15 is 0 Å². The molecule has 0 fully saturated rings. The first-order chi connectivity index (χ1) is 10.1. The van der Waals surface area contributed by atoms with Crippen molar-refractivity contribution in [1.82, 2.24) is 4.90 Å². The topological polar surface area (TPSA) is 15.3 Å². The molecule has 110 valence electrons. The molecule has 0 aromatic heterocycles. The van der Waals surface area contributed by atoms with Gasteiger partial charge in [0.1, 0.15) is 0 Å². The molecule has 0 atom stereocenters. The summed E-state index contributed by atoms with van der Waals surface area (Å²) in [7, 11) is 4.22. The zero-order chi connectivity index (χ0) is 14.8. The van der Waals surface area contributed by atoms with E-state index in [1.807, 2.05) is 0 Å². The van der Waals surface area contributed by atoms with Gasteiger partial charge in [-0.25, -0.2) is 0 Å². The van der Waals surface area contributed by atoms with Crippen LogP contribution in [-0.4, -0.2) is 25.5 Å². The Labute approximate surface area is 135 Å². The normalized spacial score (nSPS) is 12.8. The molecule has 1 heterocycles. The van der Waals surface area contributed by atoms with E-state index in [-0.39, 0.29) is 0 Å². The van der Waals surface area contributed by atoms with Gasteiger partial charge in [-0.3, -0.25) is 0 Å². The molecule has 2 nitrogen and oxygen atoms in total. The fourth-order valence-electron chi connectivity index (χ4n) is 2.55. The summed E-state index contributed by atoms with van der Waals surface area (Å²) in [4.78, 5) is 4.70. The molecule has 1 N–H and O–H groups in total. The molecule has 2 aromatic carbocycles. The lowest BCUT2D eigenvalue weighted by molar-refractivity contribution is 0.400. The third-order valence-electron chi connectivity index (χ3n) is 3.57. The van der Waals surface area contributed by atoms with Crippen LogP contribution < -0.4 is 5.32 Å². The highest BCUT2D eigenvalue weighted by atomic mass is 35.5. The van der Waals surface area contributed by atoms with Crippen LogP contribution in [0, 0.1) is 0 Å². The number of aryl methyl sites for hydroxylation is 1. The van der Waals surface area contributed by atoms with Crippen LogP contribution in [0.25, 0.3) is 0 Å². The van der Waals surface area contributed by atoms with Crippen molar-refractivity contribution in [3.63, 3.8) is 0 Å². The highest BCUT2D eigenvalue weighted by Crippen LogP contribution is 2.46. The number of hydrogen-bond donors (Lipinski definition) is 1. The van der Waals surface area contributed by atoms with Gasteiger partial charge in [-0.15, -0.1) is 0 Å². The highest BCUT2D eigenvalue weighted by molar-refractivity contribution is 7.99. The van der Waals surface area contributed by atoms with Crippen LogP contribution in [0.4, 0.5) is 11.4 Å². The van der Waals surface area contributed by atoms with E-state index in [0.29, 0.717) is 0 Å². The van der Waals surface area contributed by atoms with Crippen molar-refractivity contribution in [2.45, 2.75) is 22.6 Å². The summed E-state index contributed by atoms with van der Waals surface area (Å²) in [6.45, 7) is 1.09. The molecule has 0 spiro atoms. The van der Waals surface area contributed by atoms with Crippen LogP contribution in [0.1, 0.15) is 12.0 Å². The van der Waals surface area contributed by atoms with E-state index in [2.05, 4.69) is 60.7 Å². The van der Waals surface area contributed by atoms with Crippen molar-refractivity contribution in [2.75, 3.05) is 26.0 Å². The number of halogens is 1. The van der Waals surface area contributed by atoms with E-state index in [4.69, 9.17) is 11.6 Å². The number of rotatable bonds is 4. The Morgan fingerprint density at radius 1 is 1.14 bits per heavy atom. The Morgan fingerprint density at radius 2 is 1.95 bits per heavy atom. The summed E-state index contributed by atoms with van der Waals surface area (Å²) in [6, 6.07) is 12.6. The van der Waals surface area contributed by atoms with Crippen LogP contribution in [0.2, 0.25) is 5.02 Å². The van der Waals surface area contributed by atoms with Crippen LogP contribution in [0.5, 0.6) is 0 Å². The Balaban J connectivity index is 1.88. The summed E-state index contributed by atoms with van der Waals surface area (Å²) in [5, 5.41) is 4.40. The minimum absolute atomic E-state index is 0.822. The fraction of sp³-hybridized carbons (Fsp3) is 0.294. The fourth-order valence-corrected chi connectivity index (χ4v) is 3.94. The molecule has 0 unspecified atom stereocenters. The summed E-state index contributed by atoms with van der Waals surface area (Å²) >= 11 is 8.09. The van der Waals surface area contributed by atoms with Crippen LogP contribution in [0.3, 0.4) is 0 Å². The maximum Gasteiger partial charge on any atom is 0.0559 e. The molecule has 0 aliphatic carbocycles. The highest BCUT2D eigenvalue weighted by Gasteiger charge is 2.18. The predicted molar refractivity (Wildman–Crippen MR) is 92.2 cm³/mol. The van der Waals surface area contributed by atoms with Crippen LogP contribution in [-0.2, 0) is 6.42 Å². The molecule has 21 heavy (non-hydrogen) atoms. The number of para-hydroxylation sites is 1. The van der Waals surface area contributed by atoms with E-state index in [1.54, 1.807) is 11.8 Å². The van der Waals surface area contributed by atoms with Gasteiger partial charge < -0.3 is 10.2 Å². The van der Waals surface area contributed by atoms with Gasteiger partial charge in [-0.2, -0.15) is 0 Å². The lowest BCUT2D eigenvalue weighted by atomic mass is 10.1. The number of benzene rings is 2. The molecule has 0 bridgehead atoms. The third-order valence-corrected chi connectivity index (χ3v) is 4.90. The summed E-state index contributed by atoms with van der Waals surface area (Å²) in [6.07, 6.45) is 2.17. The minimum atomic E-state index is 0.822. The number of nitrogens with one attached hydrogen (secondary N) is 1. The molecule has 0 amide bonds. The van der Waals surface area contributed by atoms with Crippen molar-refractivity contribution in [2.24, 2.45) is 0 Å². The third kappa shape index (κ3) is 3.37. The van der Waals surface area contributed by atoms with Crippen molar-refractivity contribution in [1.29, 1.82) is 0 Å². The smallest absolute Gasteiger partial charge is 0.0559 e. The van der Waals surface area contributed by atoms with E-state index in [1.165, 1.54) is 26.7 Å². The standard InChI is InChI=1S/C17H19ClN2S/c1-20(2)9-5-6-12-10-13(18)11-16-17(12)19-14-7-3-4-8-15(14)21-16/h3-4,7-8,10-11,19H,5-6,9H2,1-2H3. The average Bonchev–Trinajstić information content (AvgIpc) is 2.45. The summed E-state index contributed by atoms with van der Waals surface area (Å²) in [5.74, 6) is 0. The molecule has 3 rings (SSSR count). The maximum atomic E-state index is 6.30. The van der Waals surface area contributed by atoms with Crippen LogP contribution in [0.15, 0.2) is 46.2 Å². The van der Waals surface area contributed by atoms with Gasteiger partial charge in [0.2, 0.25) is 0 Å². The second-order valence-corrected chi connectivity index (χ2v) is 7.09. The number of hydrogen-bond acceptors (Lipinski definition) is 3. The van der Waals surface area contributed by atoms with Gasteiger partial charge in [0.25, 0.3) is 0 Å². The largest absolute Gasteiger partial charge is 0.353 e. The monoisotopic (exact) mass is 318 g/mol. The molecular weight excluding hydrogens is 300 g/mol. The SMILES string of the molecule is CN(C)CCCc1cc(Cl)cc2c1Nc1ccccc1S2. The van der Waals surface area contributed by atoms with Crippen molar-refractivity contribution in [3.8, 4) is 0 Å². The van der Waals surface area contributed by atoms with Crippen molar-refractivity contribution < 1.29 is 0 Å². The number of anilines is 2. The molecule has 4 heteroatoms. The van der Waals surface area contributed by atoms with Crippen molar-refractivity contribution >= 4 is 34.7 Å². The van der Waals surface area contributed by atoms with E-state index in [0.717, 1.165) is 24.4 Å². The van der Waals surface area contributed by atoms with Gasteiger partial charge in [-0.1, -0.05) is 35.5 Å². The Hall–Kier alpha value is -1.16. The Bertz CT molecular complexity index is 655. The lowest BCUT2D eigenvalue weighted by Gasteiger charge is -2.24.